The molecule has 1 aliphatic heterocycles. The van der Waals surface area contributed by atoms with E-state index >= 15 is 0 Å². The summed E-state index contributed by atoms with van der Waals surface area (Å²) in [6, 6.07) is 7.93. The van der Waals surface area contributed by atoms with Gasteiger partial charge in [0, 0.05) is 25.9 Å². The Hall–Kier alpha value is -3.09. The van der Waals surface area contributed by atoms with Crippen LogP contribution in [-0.2, 0) is 15.9 Å². The number of rotatable bonds is 6. The molecule has 2 heterocycles. The third kappa shape index (κ3) is 3.44. The van der Waals surface area contributed by atoms with E-state index in [1.54, 1.807) is 0 Å². The van der Waals surface area contributed by atoms with Crippen molar-refractivity contribution < 1.29 is 14.2 Å². The highest BCUT2D eigenvalue weighted by Crippen LogP contribution is 2.58. The second-order valence-corrected chi connectivity index (χ2v) is 9.77. The number of ether oxygens (including phenoxy) is 3. The molecule has 1 aromatic heterocycles. The van der Waals surface area contributed by atoms with E-state index in [0.717, 1.165) is 42.8 Å². The summed E-state index contributed by atoms with van der Waals surface area (Å²) in [6.45, 7) is 14.1. The highest BCUT2D eigenvalue weighted by atomic mass is 16.8. The highest BCUT2D eigenvalue weighted by Gasteiger charge is 2.61. The molecule has 1 saturated heterocycles. The fourth-order valence-corrected chi connectivity index (χ4v) is 5.45. The average Bonchev–Trinajstić information content (AvgIpc) is 3.40. The van der Waals surface area contributed by atoms with E-state index in [1.165, 1.54) is 11.1 Å². The van der Waals surface area contributed by atoms with Crippen LogP contribution in [0.2, 0.25) is 0 Å². The largest absolute Gasteiger partial charge is 0.442 e. The van der Waals surface area contributed by atoms with Gasteiger partial charge in [-0.1, -0.05) is 24.6 Å². The van der Waals surface area contributed by atoms with E-state index in [9.17, 15) is 0 Å². The van der Waals surface area contributed by atoms with Crippen LogP contribution in [0.3, 0.4) is 0 Å². The van der Waals surface area contributed by atoms with Gasteiger partial charge in [0.15, 0.2) is 11.7 Å². The summed E-state index contributed by atoms with van der Waals surface area (Å²) in [5.74, 6) is 0.656. The van der Waals surface area contributed by atoms with Crippen molar-refractivity contribution in [2.75, 3.05) is 14.1 Å². The van der Waals surface area contributed by atoms with Crippen LogP contribution in [0.15, 0.2) is 73.8 Å². The maximum Gasteiger partial charge on any atom is 0.188 e. The van der Waals surface area contributed by atoms with E-state index in [2.05, 4.69) is 32.7 Å². The number of hydrogen-bond acceptors (Lipinski definition) is 5. The van der Waals surface area contributed by atoms with Gasteiger partial charge in [0.05, 0.1) is 17.6 Å². The molecule has 0 bridgehead atoms. The summed E-state index contributed by atoms with van der Waals surface area (Å²) in [5, 5.41) is 4.74. The molecule has 6 nitrogen and oxygen atoms in total. The Kier molecular flexibility index (Phi) is 5.53. The molecule has 2 aliphatic carbocycles. The molecule has 0 amide bonds. The SMILES string of the molecule is C=C[C@H]1OC2(CCCC3=Cc4c(cnn4-c4ccc(OC(=C)N(C)C)cc4)C[C@@]32C)O[C@@H]1C=C. The van der Waals surface area contributed by atoms with Gasteiger partial charge in [0.2, 0.25) is 0 Å². The Morgan fingerprint density at radius 1 is 1.18 bits per heavy atom. The second kappa shape index (κ2) is 8.29. The van der Waals surface area contributed by atoms with Gasteiger partial charge in [-0.15, -0.1) is 13.2 Å². The van der Waals surface area contributed by atoms with Crippen LogP contribution < -0.4 is 4.74 Å². The van der Waals surface area contributed by atoms with E-state index in [4.69, 9.17) is 19.3 Å². The normalized spacial score (nSPS) is 26.9. The van der Waals surface area contributed by atoms with E-state index in [-0.39, 0.29) is 17.6 Å². The van der Waals surface area contributed by atoms with Crippen LogP contribution in [0, 0.1) is 5.41 Å². The maximum atomic E-state index is 6.58. The van der Waals surface area contributed by atoms with Crippen molar-refractivity contribution in [1.29, 1.82) is 0 Å². The summed E-state index contributed by atoms with van der Waals surface area (Å²) in [6.07, 6.45) is 11.3. The summed E-state index contributed by atoms with van der Waals surface area (Å²) in [7, 11) is 3.81. The van der Waals surface area contributed by atoms with E-state index in [0.29, 0.717) is 5.88 Å². The Morgan fingerprint density at radius 3 is 2.47 bits per heavy atom. The third-order valence-corrected chi connectivity index (χ3v) is 7.50. The van der Waals surface area contributed by atoms with E-state index in [1.807, 2.05) is 66.3 Å². The molecule has 3 aliphatic rings. The summed E-state index contributed by atoms with van der Waals surface area (Å²) < 4.78 is 20.9. The quantitative estimate of drug-likeness (QED) is 0.435. The van der Waals surface area contributed by atoms with Crippen LogP contribution in [0.1, 0.15) is 37.4 Å². The first-order chi connectivity index (χ1) is 16.3. The average molecular weight is 460 g/mol. The fourth-order valence-electron chi connectivity index (χ4n) is 5.45. The maximum absolute atomic E-state index is 6.58. The van der Waals surface area contributed by atoms with Crippen molar-refractivity contribution >= 4 is 6.08 Å². The molecule has 2 fully saturated rings. The van der Waals surface area contributed by atoms with Gasteiger partial charge in [0.25, 0.3) is 0 Å². The number of aromatic nitrogens is 2. The van der Waals surface area contributed by atoms with Crippen molar-refractivity contribution in [3.8, 4) is 11.4 Å². The Morgan fingerprint density at radius 2 is 1.85 bits per heavy atom. The molecule has 6 heteroatoms. The first-order valence-corrected chi connectivity index (χ1v) is 11.8. The molecule has 5 rings (SSSR count). The van der Waals surface area contributed by atoms with Crippen molar-refractivity contribution in [3.05, 3.63) is 85.1 Å². The lowest BCUT2D eigenvalue weighted by Crippen LogP contribution is -2.53. The third-order valence-electron chi connectivity index (χ3n) is 7.50. The van der Waals surface area contributed by atoms with Crippen LogP contribution in [0.5, 0.6) is 5.75 Å². The van der Waals surface area contributed by atoms with Gasteiger partial charge in [-0.3, -0.25) is 0 Å². The monoisotopic (exact) mass is 459 g/mol. The molecule has 1 saturated carbocycles. The molecule has 178 valence electrons. The van der Waals surface area contributed by atoms with Crippen LogP contribution in [-0.4, -0.2) is 46.8 Å². The smallest absolute Gasteiger partial charge is 0.188 e. The molecule has 3 atom stereocenters. The lowest BCUT2D eigenvalue weighted by Gasteiger charge is -2.51. The molecule has 0 radical (unpaired) electrons. The lowest BCUT2D eigenvalue weighted by molar-refractivity contribution is -0.243. The second-order valence-electron chi connectivity index (χ2n) is 9.77. The summed E-state index contributed by atoms with van der Waals surface area (Å²) >= 11 is 0. The molecule has 1 aromatic carbocycles. The highest BCUT2D eigenvalue weighted by molar-refractivity contribution is 5.62. The Bertz CT molecular complexity index is 1140. The van der Waals surface area contributed by atoms with Gasteiger partial charge in [-0.25, -0.2) is 4.68 Å². The zero-order chi connectivity index (χ0) is 24.1. The molecule has 1 spiro atoms. The number of hydrogen-bond donors (Lipinski definition) is 0. The first-order valence-electron chi connectivity index (χ1n) is 11.8. The van der Waals surface area contributed by atoms with Crippen molar-refractivity contribution in [2.24, 2.45) is 5.41 Å². The van der Waals surface area contributed by atoms with Crippen LogP contribution >= 0.6 is 0 Å². The van der Waals surface area contributed by atoms with Crippen LogP contribution in [0.25, 0.3) is 11.8 Å². The minimum atomic E-state index is -0.678. The minimum absolute atomic E-state index is 0.179. The zero-order valence-electron chi connectivity index (χ0n) is 20.3. The Balaban J connectivity index is 1.46. The van der Waals surface area contributed by atoms with E-state index < -0.39 is 5.79 Å². The standard InChI is InChI=1S/C28H33N3O3/c1-7-25-26(8-2)34-28(33-25)15-9-10-21-16-24-20(17-27(21,28)4)18-29-31(24)22-11-13-23(14-12-22)32-19(3)30(5)6/h7-8,11-14,16,18,25-26H,1-3,9-10,15,17H2,4-6H3/t25-,26-,27+/m1/s1. The van der Waals surface area contributed by atoms with Crippen molar-refractivity contribution in [2.45, 2.75) is 50.6 Å². The first kappa shape index (κ1) is 22.7. The molecule has 34 heavy (non-hydrogen) atoms. The zero-order valence-corrected chi connectivity index (χ0v) is 20.3. The molecule has 0 N–H and O–H groups in total. The summed E-state index contributed by atoms with van der Waals surface area (Å²) in [5.41, 5.74) is 4.38. The molecular weight excluding hydrogens is 426 g/mol. The number of fused-ring (bicyclic) bond motifs is 3. The fraction of sp³-hybridized carbons (Fsp3) is 0.393. The van der Waals surface area contributed by atoms with Crippen LogP contribution in [0.4, 0.5) is 0 Å². The summed E-state index contributed by atoms with van der Waals surface area (Å²) in [4.78, 5) is 1.84. The molecule has 2 aromatic rings. The number of nitrogens with zero attached hydrogens (tertiary/aromatic N) is 3. The molecular formula is C28H33N3O3. The lowest BCUT2D eigenvalue weighted by atomic mass is 9.62. The van der Waals surface area contributed by atoms with Crippen molar-refractivity contribution in [1.82, 2.24) is 14.7 Å². The predicted octanol–water partition coefficient (Wildman–Crippen LogP) is 5.27. The van der Waals surface area contributed by atoms with Gasteiger partial charge in [-0.05, 0) is 61.7 Å². The molecule has 0 unspecified atom stereocenters. The van der Waals surface area contributed by atoms with Gasteiger partial charge in [0.1, 0.15) is 18.0 Å². The topological polar surface area (TPSA) is 48.8 Å². The van der Waals surface area contributed by atoms with Crippen molar-refractivity contribution in [3.63, 3.8) is 0 Å². The Labute approximate surface area is 201 Å². The minimum Gasteiger partial charge on any atom is -0.442 e. The predicted molar refractivity (Wildman–Crippen MR) is 134 cm³/mol. The van der Waals surface area contributed by atoms with Gasteiger partial charge >= 0.3 is 0 Å². The van der Waals surface area contributed by atoms with Gasteiger partial charge in [-0.2, -0.15) is 5.10 Å². The number of benzene rings is 1. The van der Waals surface area contributed by atoms with Gasteiger partial charge < -0.3 is 19.1 Å².